The number of hydrogen-bond acceptors (Lipinski definition) is 2. The molecule has 1 aliphatic rings. The molecule has 0 spiro atoms. The van der Waals surface area contributed by atoms with Crippen molar-refractivity contribution in [2.75, 3.05) is 19.0 Å². The maximum atomic E-state index is 11.3. The molecule has 1 saturated heterocycles. The average molecular weight is 233 g/mol. The van der Waals surface area contributed by atoms with Crippen LogP contribution in [0.3, 0.4) is 0 Å². The van der Waals surface area contributed by atoms with Crippen LogP contribution < -0.4 is 5.32 Å². The predicted molar refractivity (Wildman–Crippen MR) is 63.2 cm³/mol. The summed E-state index contributed by atoms with van der Waals surface area (Å²) < 4.78 is 0. The highest BCUT2D eigenvalue weighted by Crippen LogP contribution is 2.12. The lowest BCUT2D eigenvalue weighted by Gasteiger charge is -2.34. The third-order valence-electron chi connectivity index (χ3n) is 2.95. The Morgan fingerprint density at radius 1 is 1.47 bits per heavy atom. The molecule has 0 bridgehead atoms. The fourth-order valence-electron chi connectivity index (χ4n) is 1.95. The van der Waals surface area contributed by atoms with Crippen molar-refractivity contribution in [1.82, 2.24) is 10.2 Å². The number of carbonyl (C=O) groups is 1. The van der Waals surface area contributed by atoms with Crippen LogP contribution in [-0.2, 0) is 4.79 Å². The van der Waals surface area contributed by atoms with Gasteiger partial charge in [-0.2, -0.15) is 0 Å². The van der Waals surface area contributed by atoms with Gasteiger partial charge in [-0.3, -0.25) is 4.79 Å². The highest BCUT2D eigenvalue weighted by Gasteiger charge is 2.21. The summed E-state index contributed by atoms with van der Waals surface area (Å²) in [6, 6.07) is 0.972. The van der Waals surface area contributed by atoms with Gasteiger partial charge in [-0.05, 0) is 26.7 Å². The van der Waals surface area contributed by atoms with E-state index in [0.717, 1.165) is 25.9 Å². The fraction of sp³-hybridized carbons (Fsp3) is 0.909. The third-order valence-corrected chi connectivity index (χ3v) is 3.14. The summed E-state index contributed by atoms with van der Waals surface area (Å²) in [6.45, 7) is 6.60. The van der Waals surface area contributed by atoms with Gasteiger partial charge in [0.25, 0.3) is 0 Å². The first-order valence-corrected chi connectivity index (χ1v) is 6.26. The third kappa shape index (κ3) is 4.39. The van der Waals surface area contributed by atoms with Gasteiger partial charge in [0, 0.05) is 37.5 Å². The largest absolute Gasteiger partial charge is 0.353 e. The molecule has 1 N–H and O–H groups in total. The smallest absolute Gasteiger partial charge is 0.221 e. The molecule has 0 aliphatic carbocycles. The van der Waals surface area contributed by atoms with Crippen LogP contribution in [0.4, 0.5) is 0 Å². The monoisotopic (exact) mass is 232 g/mol. The highest BCUT2D eigenvalue weighted by atomic mass is 35.5. The molecule has 0 unspecified atom stereocenters. The summed E-state index contributed by atoms with van der Waals surface area (Å²) >= 11 is 5.51. The first kappa shape index (κ1) is 12.8. The average Bonchev–Trinajstić information content (AvgIpc) is 2.18. The number of hydrogen-bond donors (Lipinski definition) is 1. The van der Waals surface area contributed by atoms with Gasteiger partial charge in [0.1, 0.15) is 0 Å². The van der Waals surface area contributed by atoms with Crippen LogP contribution in [0.1, 0.15) is 33.1 Å². The quantitative estimate of drug-likeness (QED) is 0.747. The molecule has 0 atom stereocenters. The molecule has 0 saturated carbocycles. The Morgan fingerprint density at radius 2 is 2.07 bits per heavy atom. The molecule has 3 nitrogen and oxygen atoms in total. The maximum Gasteiger partial charge on any atom is 0.221 e. The van der Waals surface area contributed by atoms with E-state index in [9.17, 15) is 4.79 Å². The molecule has 15 heavy (non-hydrogen) atoms. The summed E-state index contributed by atoms with van der Waals surface area (Å²) in [5.74, 6) is 0.504. The van der Waals surface area contributed by atoms with E-state index in [1.807, 2.05) is 0 Å². The molecule has 1 heterocycles. The van der Waals surface area contributed by atoms with Gasteiger partial charge in [0.15, 0.2) is 0 Å². The van der Waals surface area contributed by atoms with Crippen molar-refractivity contribution in [2.24, 2.45) is 0 Å². The van der Waals surface area contributed by atoms with E-state index in [-0.39, 0.29) is 5.91 Å². The van der Waals surface area contributed by atoms with Crippen LogP contribution in [0.15, 0.2) is 0 Å². The van der Waals surface area contributed by atoms with Gasteiger partial charge in [-0.1, -0.05) is 0 Å². The van der Waals surface area contributed by atoms with Crippen molar-refractivity contribution in [3.8, 4) is 0 Å². The summed E-state index contributed by atoms with van der Waals surface area (Å²) in [6.07, 6.45) is 2.56. The zero-order chi connectivity index (χ0) is 11.3. The highest BCUT2D eigenvalue weighted by molar-refractivity contribution is 6.18. The Hall–Kier alpha value is -0.280. The standard InChI is InChI=1S/C11H21ClN2O/c1-9(2)14-7-4-10(5-8-14)13-11(15)3-6-12/h9-10H,3-8H2,1-2H3,(H,13,15). The van der Waals surface area contributed by atoms with Crippen molar-refractivity contribution in [3.05, 3.63) is 0 Å². The van der Waals surface area contributed by atoms with Gasteiger partial charge in [-0.25, -0.2) is 0 Å². The summed E-state index contributed by atoms with van der Waals surface area (Å²) in [5, 5.41) is 3.03. The first-order valence-electron chi connectivity index (χ1n) is 5.73. The number of nitrogens with one attached hydrogen (secondary N) is 1. The number of alkyl halides is 1. The van der Waals surface area contributed by atoms with Gasteiger partial charge >= 0.3 is 0 Å². The molecule has 0 aromatic heterocycles. The molecule has 1 aliphatic heterocycles. The minimum Gasteiger partial charge on any atom is -0.353 e. The van der Waals surface area contributed by atoms with E-state index in [0.29, 0.717) is 24.4 Å². The Kier molecular flexibility index (Phi) is 5.40. The van der Waals surface area contributed by atoms with Crippen molar-refractivity contribution >= 4 is 17.5 Å². The number of carbonyl (C=O) groups excluding carboxylic acids is 1. The van der Waals surface area contributed by atoms with Crippen molar-refractivity contribution in [2.45, 2.75) is 45.2 Å². The zero-order valence-corrected chi connectivity index (χ0v) is 10.4. The van der Waals surface area contributed by atoms with Crippen LogP contribution >= 0.6 is 11.6 Å². The zero-order valence-electron chi connectivity index (χ0n) is 9.63. The molecule has 0 aromatic rings. The SMILES string of the molecule is CC(C)N1CCC(NC(=O)CCCl)CC1. The normalized spacial score (nSPS) is 19.5. The molecule has 88 valence electrons. The van der Waals surface area contributed by atoms with Crippen molar-refractivity contribution in [3.63, 3.8) is 0 Å². The lowest BCUT2D eigenvalue weighted by Crippen LogP contribution is -2.46. The molecular formula is C11H21ClN2O. The Balaban J connectivity index is 2.22. The second kappa shape index (κ2) is 6.33. The van der Waals surface area contributed by atoms with Crippen LogP contribution in [0.25, 0.3) is 0 Å². The summed E-state index contributed by atoms with van der Waals surface area (Å²) in [5.41, 5.74) is 0. The molecule has 1 rings (SSSR count). The minimum atomic E-state index is 0.0907. The van der Waals surface area contributed by atoms with Crippen LogP contribution in [-0.4, -0.2) is 41.9 Å². The van der Waals surface area contributed by atoms with E-state index in [4.69, 9.17) is 11.6 Å². The lowest BCUT2D eigenvalue weighted by molar-refractivity contribution is -0.121. The number of halogens is 1. The molecule has 4 heteroatoms. The van der Waals surface area contributed by atoms with Gasteiger partial charge < -0.3 is 10.2 Å². The van der Waals surface area contributed by atoms with Crippen molar-refractivity contribution < 1.29 is 4.79 Å². The van der Waals surface area contributed by atoms with Gasteiger partial charge in [0.2, 0.25) is 5.91 Å². The fourth-order valence-corrected chi connectivity index (χ4v) is 2.12. The maximum absolute atomic E-state index is 11.3. The summed E-state index contributed by atoms with van der Waals surface area (Å²) in [4.78, 5) is 13.8. The Bertz CT molecular complexity index is 201. The predicted octanol–water partition coefficient (Wildman–Crippen LogP) is 1.60. The van der Waals surface area contributed by atoms with E-state index >= 15 is 0 Å². The van der Waals surface area contributed by atoms with Gasteiger partial charge in [-0.15, -0.1) is 11.6 Å². The number of amides is 1. The van der Waals surface area contributed by atoms with Crippen molar-refractivity contribution in [1.29, 1.82) is 0 Å². The molecule has 0 aromatic carbocycles. The number of rotatable bonds is 4. The van der Waals surface area contributed by atoms with E-state index < -0.39 is 0 Å². The topological polar surface area (TPSA) is 32.3 Å². The van der Waals surface area contributed by atoms with E-state index in [1.54, 1.807) is 0 Å². The Morgan fingerprint density at radius 3 is 2.53 bits per heavy atom. The minimum absolute atomic E-state index is 0.0907. The van der Waals surface area contributed by atoms with Crippen LogP contribution in [0.5, 0.6) is 0 Å². The van der Waals surface area contributed by atoms with E-state index in [1.165, 1.54) is 0 Å². The summed E-state index contributed by atoms with van der Waals surface area (Å²) in [7, 11) is 0. The van der Waals surface area contributed by atoms with Gasteiger partial charge in [0.05, 0.1) is 0 Å². The molecule has 1 fully saturated rings. The van der Waals surface area contributed by atoms with Crippen LogP contribution in [0, 0.1) is 0 Å². The molecule has 1 amide bonds. The second-order valence-corrected chi connectivity index (χ2v) is 4.79. The number of nitrogens with zero attached hydrogens (tertiary/aromatic N) is 1. The first-order chi connectivity index (χ1) is 7.13. The Labute approximate surface area is 97.2 Å². The van der Waals surface area contributed by atoms with Crippen LogP contribution in [0.2, 0.25) is 0 Å². The molecule has 0 radical (unpaired) electrons. The lowest BCUT2D eigenvalue weighted by atomic mass is 10.0. The number of piperidine rings is 1. The second-order valence-electron chi connectivity index (χ2n) is 4.41. The molecular weight excluding hydrogens is 212 g/mol. The van der Waals surface area contributed by atoms with E-state index in [2.05, 4.69) is 24.1 Å². The number of likely N-dealkylation sites (tertiary alicyclic amines) is 1.